The highest BCUT2D eigenvalue weighted by molar-refractivity contribution is 8.13. The van der Waals surface area contributed by atoms with Crippen LogP contribution in [-0.2, 0) is 16.0 Å². The van der Waals surface area contributed by atoms with Crippen molar-refractivity contribution in [2.24, 2.45) is 5.92 Å². The number of fused-ring (bicyclic) bond motifs is 1. The van der Waals surface area contributed by atoms with Crippen LogP contribution in [0.15, 0.2) is 18.2 Å². The van der Waals surface area contributed by atoms with Crippen molar-refractivity contribution in [3.63, 3.8) is 0 Å². The molecule has 1 fully saturated rings. The molecule has 0 aliphatic carbocycles. The molecule has 0 N–H and O–H groups in total. The van der Waals surface area contributed by atoms with E-state index < -0.39 is 0 Å². The molecule has 0 saturated carbocycles. The van der Waals surface area contributed by atoms with Crippen LogP contribution < -0.4 is 9.64 Å². The van der Waals surface area contributed by atoms with Crippen molar-refractivity contribution in [2.75, 3.05) is 23.8 Å². The van der Waals surface area contributed by atoms with E-state index >= 15 is 0 Å². The van der Waals surface area contributed by atoms with Gasteiger partial charge in [0, 0.05) is 37.8 Å². The van der Waals surface area contributed by atoms with E-state index in [1.807, 2.05) is 17.0 Å². The van der Waals surface area contributed by atoms with Gasteiger partial charge in [-0.05, 0) is 29.7 Å². The van der Waals surface area contributed by atoms with Gasteiger partial charge in [-0.1, -0.05) is 11.8 Å². The third kappa shape index (κ3) is 2.68. The van der Waals surface area contributed by atoms with Crippen LogP contribution in [0, 0.1) is 5.92 Å². The largest absolute Gasteiger partial charge is 0.493 e. The maximum Gasteiger partial charge on any atom is 0.227 e. The second kappa shape index (κ2) is 5.48. The number of nitrogens with zero attached hydrogens (tertiary/aromatic N) is 1. The monoisotopic (exact) mass is 291 g/mol. The summed E-state index contributed by atoms with van der Waals surface area (Å²) in [5, 5.41) is 0.116. The predicted octanol–water partition coefficient (Wildman–Crippen LogP) is 2.25. The normalized spacial score (nSPS) is 20.9. The average Bonchev–Trinajstić information content (AvgIpc) is 3.01. The molecular weight excluding hydrogens is 274 g/mol. The Bertz CT molecular complexity index is 558. The summed E-state index contributed by atoms with van der Waals surface area (Å²) in [6.07, 6.45) is 1.45. The van der Waals surface area contributed by atoms with Crippen molar-refractivity contribution >= 4 is 28.5 Å². The molecule has 20 heavy (non-hydrogen) atoms. The molecule has 1 saturated heterocycles. The van der Waals surface area contributed by atoms with Gasteiger partial charge in [0.15, 0.2) is 5.12 Å². The third-order valence-electron chi connectivity index (χ3n) is 3.71. The Kier molecular flexibility index (Phi) is 3.70. The fourth-order valence-corrected chi connectivity index (χ4v) is 3.41. The zero-order valence-electron chi connectivity index (χ0n) is 11.4. The van der Waals surface area contributed by atoms with E-state index in [0.717, 1.165) is 30.2 Å². The third-order valence-corrected chi connectivity index (χ3v) is 4.76. The highest BCUT2D eigenvalue weighted by Gasteiger charge is 2.31. The molecule has 106 valence electrons. The van der Waals surface area contributed by atoms with Crippen LogP contribution in [0.1, 0.15) is 18.9 Å². The molecule has 3 rings (SSSR count). The lowest BCUT2D eigenvalue weighted by molar-refractivity contribution is -0.117. The van der Waals surface area contributed by atoms with E-state index in [9.17, 15) is 9.59 Å². The zero-order chi connectivity index (χ0) is 14.1. The first kappa shape index (κ1) is 13.5. The first-order valence-corrected chi connectivity index (χ1v) is 7.81. The number of carbonyl (C=O) groups is 2. The van der Waals surface area contributed by atoms with E-state index in [4.69, 9.17) is 4.74 Å². The molecule has 1 atom stereocenters. The molecule has 2 aliphatic heterocycles. The van der Waals surface area contributed by atoms with Gasteiger partial charge in [0.1, 0.15) is 5.75 Å². The van der Waals surface area contributed by atoms with Crippen LogP contribution in [0.2, 0.25) is 0 Å². The number of anilines is 1. The van der Waals surface area contributed by atoms with Gasteiger partial charge in [-0.3, -0.25) is 9.59 Å². The molecule has 1 unspecified atom stereocenters. The summed E-state index contributed by atoms with van der Waals surface area (Å²) in [5.41, 5.74) is 2.13. The molecular formula is C15H17NO3S. The number of amides is 1. The van der Waals surface area contributed by atoms with Crippen LogP contribution in [0.5, 0.6) is 5.75 Å². The smallest absolute Gasteiger partial charge is 0.227 e. The second-order valence-electron chi connectivity index (χ2n) is 5.27. The van der Waals surface area contributed by atoms with E-state index in [0.29, 0.717) is 13.0 Å². The maximum absolute atomic E-state index is 12.1. The summed E-state index contributed by atoms with van der Waals surface area (Å²) in [7, 11) is 0. The average molecular weight is 291 g/mol. The molecule has 4 nitrogen and oxygen atoms in total. The van der Waals surface area contributed by atoms with Gasteiger partial charge in [-0.2, -0.15) is 0 Å². The molecule has 0 radical (unpaired) electrons. The minimum Gasteiger partial charge on any atom is -0.493 e. The summed E-state index contributed by atoms with van der Waals surface area (Å²) < 4.78 is 5.48. The van der Waals surface area contributed by atoms with Crippen LogP contribution in [-0.4, -0.2) is 29.9 Å². The molecule has 0 bridgehead atoms. The Morgan fingerprint density at radius 3 is 3.15 bits per heavy atom. The van der Waals surface area contributed by atoms with Crippen molar-refractivity contribution in [2.45, 2.75) is 19.8 Å². The van der Waals surface area contributed by atoms with E-state index in [1.54, 1.807) is 6.92 Å². The summed E-state index contributed by atoms with van der Waals surface area (Å²) in [6, 6.07) is 5.95. The van der Waals surface area contributed by atoms with Gasteiger partial charge < -0.3 is 9.64 Å². The maximum atomic E-state index is 12.1. The highest BCUT2D eigenvalue weighted by Crippen LogP contribution is 2.33. The van der Waals surface area contributed by atoms with Crippen molar-refractivity contribution in [1.29, 1.82) is 0 Å². The SMILES string of the molecule is CC(=O)SCC1CC(=O)N(c2ccc3c(c2)CCO3)C1. The Labute approximate surface area is 122 Å². The first-order chi connectivity index (χ1) is 9.63. The molecule has 1 amide bonds. The second-order valence-corrected chi connectivity index (χ2v) is 6.46. The predicted molar refractivity (Wildman–Crippen MR) is 79.2 cm³/mol. The number of benzene rings is 1. The van der Waals surface area contributed by atoms with Gasteiger partial charge >= 0.3 is 0 Å². The van der Waals surface area contributed by atoms with Crippen LogP contribution >= 0.6 is 11.8 Å². The summed E-state index contributed by atoms with van der Waals surface area (Å²) in [6.45, 7) is 3.00. The van der Waals surface area contributed by atoms with Gasteiger partial charge in [-0.15, -0.1) is 0 Å². The molecule has 0 aromatic heterocycles. The summed E-state index contributed by atoms with van der Waals surface area (Å²) in [4.78, 5) is 25.0. The zero-order valence-corrected chi connectivity index (χ0v) is 12.2. The Morgan fingerprint density at radius 2 is 2.35 bits per heavy atom. The highest BCUT2D eigenvalue weighted by atomic mass is 32.2. The van der Waals surface area contributed by atoms with Crippen LogP contribution in [0.4, 0.5) is 5.69 Å². The number of ether oxygens (including phenoxy) is 1. The molecule has 2 aliphatic rings. The van der Waals surface area contributed by atoms with Crippen LogP contribution in [0.3, 0.4) is 0 Å². The molecule has 2 heterocycles. The standard InChI is InChI=1S/C15H17NO3S/c1-10(17)20-9-11-6-15(18)16(8-11)13-2-3-14-12(7-13)4-5-19-14/h2-3,7,11H,4-6,8-9H2,1H3. The molecule has 1 aromatic carbocycles. The number of thioether (sulfide) groups is 1. The minimum absolute atomic E-state index is 0.116. The Hall–Kier alpha value is -1.49. The molecule has 0 spiro atoms. The fourth-order valence-electron chi connectivity index (χ4n) is 2.72. The molecule has 1 aromatic rings. The van der Waals surface area contributed by atoms with Crippen LogP contribution in [0.25, 0.3) is 0 Å². The Morgan fingerprint density at radius 1 is 1.50 bits per heavy atom. The topological polar surface area (TPSA) is 46.6 Å². The van der Waals surface area contributed by atoms with Gasteiger partial charge in [0.2, 0.25) is 5.91 Å². The summed E-state index contributed by atoms with van der Waals surface area (Å²) in [5.74, 6) is 2.08. The number of hydrogen-bond acceptors (Lipinski definition) is 4. The Balaban J connectivity index is 1.71. The quantitative estimate of drug-likeness (QED) is 0.857. The van der Waals surface area contributed by atoms with Crippen molar-refractivity contribution in [1.82, 2.24) is 0 Å². The minimum atomic E-state index is 0.116. The van der Waals surface area contributed by atoms with E-state index in [-0.39, 0.29) is 16.9 Å². The summed E-state index contributed by atoms with van der Waals surface area (Å²) >= 11 is 1.31. The number of hydrogen-bond donors (Lipinski definition) is 0. The first-order valence-electron chi connectivity index (χ1n) is 6.83. The van der Waals surface area contributed by atoms with Gasteiger partial charge in [-0.25, -0.2) is 0 Å². The van der Waals surface area contributed by atoms with Gasteiger partial charge in [0.25, 0.3) is 0 Å². The fraction of sp³-hybridized carbons (Fsp3) is 0.467. The van der Waals surface area contributed by atoms with E-state index in [2.05, 4.69) is 6.07 Å². The van der Waals surface area contributed by atoms with E-state index in [1.165, 1.54) is 17.3 Å². The number of carbonyl (C=O) groups excluding carboxylic acids is 2. The van der Waals surface area contributed by atoms with Crippen molar-refractivity contribution in [3.05, 3.63) is 23.8 Å². The lowest BCUT2D eigenvalue weighted by Gasteiger charge is -2.17. The number of rotatable bonds is 3. The lowest BCUT2D eigenvalue weighted by atomic mass is 10.1. The van der Waals surface area contributed by atoms with Crippen molar-refractivity contribution < 1.29 is 14.3 Å². The molecule has 5 heteroatoms. The van der Waals surface area contributed by atoms with Gasteiger partial charge in [0.05, 0.1) is 6.61 Å². The lowest BCUT2D eigenvalue weighted by Crippen LogP contribution is -2.24. The van der Waals surface area contributed by atoms with Crippen molar-refractivity contribution in [3.8, 4) is 5.75 Å².